The van der Waals surface area contributed by atoms with E-state index in [0.29, 0.717) is 27.9 Å². The van der Waals surface area contributed by atoms with E-state index in [1.54, 1.807) is 7.05 Å². The van der Waals surface area contributed by atoms with E-state index in [2.05, 4.69) is 4.98 Å². The molecule has 0 radical (unpaired) electrons. The van der Waals surface area contributed by atoms with Gasteiger partial charge in [-0.3, -0.25) is 4.79 Å². The van der Waals surface area contributed by atoms with Crippen molar-refractivity contribution in [3.8, 4) is 11.1 Å². The van der Waals surface area contributed by atoms with E-state index < -0.39 is 17.2 Å². The number of ether oxygens (including phenoxy) is 1. The second kappa shape index (κ2) is 5.14. The fourth-order valence-corrected chi connectivity index (χ4v) is 3.33. The Kier molecular flexibility index (Phi) is 3.15. The van der Waals surface area contributed by atoms with Crippen LogP contribution in [0.1, 0.15) is 21.6 Å². The molecule has 1 aliphatic rings. The highest BCUT2D eigenvalue weighted by molar-refractivity contribution is 6.07. The zero-order chi connectivity index (χ0) is 17.9. The van der Waals surface area contributed by atoms with Crippen LogP contribution in [0.4, 0.5) is 0 Å². The third-order valence-corrected chi connectivity index (χ3v) is 4.59. The Balaban J connectivity index is 2.31. The predicted octanol–water partition coefficient (Wildman–Crippen LogP) is 0.697. The van der Waals surface area contributed by atoms with Gasteiger partial charge in [0.15, 0.2) is 12.3 Å². The highest BCUT2D eigenvalue weighted by atomic mass is 16.5. The third-order valence-electron chi connectivity index (χ3n) is 4.59. The van der Waals surface area contributed by atoms with Crippen molar-refractivity contribution in [2.24, 2.45) is 14.1 Å². The zero-order valence-electron chi connectivity index (χ0n) is 14.0. The van der Waals surface area contributed by atoms with Crippen molar-refractivity contribution in [2.75, 3.05) is 0 Å². The number of carbonyl (C=O) groups excluding carboxylic acids is 1. The molecule has 0 amide bonds. The molecule has 0 spiro atoms. The first-order chi connectivity index (χ1) is 11.9. The summed E-state index contributed by atoms with van der Waals surface area (Å²) in [5, 5.41) is 0.299. The number of pyridine rings is 1. The van der Waals surface area contributed by atoms with Crippen molar-refractivity contribution in [2.45, 2.75) is 13.5 Å². The molecule has 3 heterocycles. The lowest BCUT2D eigenvalue weighted by molar-refractivity contribution is -0.365. The Hall–Kier alpha value is -3.22. The second-order valence-corrected chi connectivity index (χ2v) is 6.23. The number of esters is 1. The smallest absolute Gasteiger partial charge is 0.417 e. The molecule has 1 aliphatic heterocycles. The van der Waals surface area contributed by atoms with Gasteiger partial charge in [0.05, 0.1) is 7.05 Å². The number of aryl methyl sites for hydroxylation is 2. The van der Waals surface area contributed by atoms with Gasteiger partial charge in [0.25, 0.3) is 11.2 Å². The summed E-state index contributed by atoms with van der Waals surface area (Å²) in [4.78, 5) is 40.5. The van der Waals surface area contributed by atoms with Crippen molar-refractivity contribution in [3.63, 3.8) is 0 Å². The molecule has 2 aromatic heterocycles. The molecular weight excluding hydrogens is 322 g/mol. The Labute approximate surface area is 142 Å². The summed E-state index contributed by atoms with van der Waals surface area (Å²) in [7, 11) is 3.01. The monoisotopic (exact) mass is 338 g/mol. The minimum absolute atomic E-state index is 0.0896. The minimum atomic E-state index is -0.472. The molecule has 25 heavy (non-hydrogen) atoms. The van der Waals surface area contributed by atoms with Gasteiger partial charge in [0.1, 0.15) is 10.9 Å². The minimum Gasteiger partial charge on any atom is -0.453 e. The number of aromatic nitrogens is 3. The number of benzene rings is 1. The maximum absolute atomic E-state index is 12.9. The van der Waals surface area contributed by atoms with Crippen molar-refractivity contribution >= 4 is 17.0 Å². The van der Waals surface area contributed by atoms with E-state index in [-0.39, 0.29) is 6.61 Å². The van der Waals surface area contributed by atoms with E-state index in [1.807, 2.05) is 31.2 Å². The summed E-state index contributed by atoms with van der Waals surface area (Å²) in [5.74, 6) is -0.472. The number of hydrogen-bond donors (Lipinski definition) is 0. The molecule has 0 saturated heterocycles. The maximum Gasteiger partial charge on any atom is 0.417 e. The number of nitrogens with zero attached hydrogens (tertiary/aromatic N) is 2. The van der Waals surface area contributed by atoms with Crippen molar-refractivity contribution in [1.29, 1.82) is 0 Å². The van der Waals surface area contributed by atoms with Crippen LogP contribution in [0.15, 0.2) is 33.9 Å². The fraction of sp³-hybridized carbons (Fsp3) is 0.222. The van der Waals surface area contributed by atoms with Crippen LogP contribution in [0, 0.1) is 6.92 Å². The number of fused-ring (bicyclic) bond motifs is 2. The predicted molar refractivity (Wildman–Crippen MR) is 90.3 cm³/mol. The van der Waals surface area contributed by atoms with Crippen LogP contribution in [-0.2, 0) is 25.4 Å². The number of cyclic esters (lactones) is 1. The molecule has 0 aliphatic carbocycles. The molecule has 1 N–H and O–H groups in total. The number of hydrogen-bond acceptors (Lipinski definition) is 4. The molecule has 0 fully saturated rings. The van der Waals surface area contributed by atoms with E-state index >= 15 is 0 Å². The normalized spacial score (nSPS) is 13.2. The average molecular weight is 338 g/mol. The first kappa shape index (κ1) is 15.3. The van der Waals surface area contributed by atoms with Crippen molar-refractivity contribution < 1.29 is 14.5 Å². The zero-order valence-corrected chi connectivity index (χ0v) is 14.0. The van der Waals surface area contributed by atoms with E-state index in [0.717, 1.165) is 15.7 Å². The molecule has 0 bridgehead atoms. The van der Waals surface area contributed by atoms with Crippen LogP contribution in [0.3, 0.4) is 0 Å². The highest BCUT2D eigenvalue weighted by Gasteiger charge is 2.34. The largest absolute Gasteiger partial charge is 0.453 e. The number of carbonyl (C=O) groups is 1. The fourth-order valence-electron chi connectivity index (χ4n) is 3.33. The van der Waals surface area contributed by atoms with Crippen LogP contribution in [-0.4, -0.2) is 15.1 Å². The van der Waals surface area contributed by atoms with Gasteiger partial charge in [0.2, 0.25) is 0 Å². The molecule has 126 valence electrons. The van der Waals surface area contributed by atoms with Crippen molar-refractivity contribution in [1.82, 2.24) is 9.13 Å². The van der Waals surface area contributed by atoms with Gasteiger partial charge in [-0.1, -0.05) is 29.8 Å². The molecule has 4 rings (SSSR count). The Morgan fingerprint density at radius 1 is 1.08 bits per heavy atom. The number of nitrogens with one attached hydrogen (secondary N) is 1. The van der Waals surface area contributed by atoms with Gasteiger partial charge in [-0.05, 0) is 12.5 Å². The van der Waals surface area contributed by atoms with Gasteiger partial charge >= 0.3 is 11.7 Å². The molecule has 0 atom stereocenters. The van der Waals surface area contributed by atoms with Crippen LogP contribution < -0.4 is 16.2 Å². The van der Waals surface area contributed by atoms with Crippen LogP contribution in [0.5, 0.6) is 0 Å². The van der Waals surface area contributed by atoms with Gasteiger partial charge in [-0.15, -0.1) is 0 Å². The molecule has 7 nitrogen and oxygen atoms in total. The van der Waals surface area contributed by atoms with Crippen molar-refractivity contribution in [3.05, 3.63) is 61.9 Å². The SMILES string of the molecule is Cc1cccc(-c2c3c([nH+]c4c2c(=O)n(C)c(=O)n4C)COC3=O)c1. The third kappa shape index (κ3) is 2.05. The highest BCUT2D eigenvalue weighted by Crippen LogP contribution is 2.33. The lowest BCUT2D eigenvalue weighted by Crippen LogP contribution is -2.40. The molecule has 0 saturated carbocycles. The van der Waals surface area contributed by atoms with Gasteiger partial charge in [0, 0.05) is 12.6 Å². The van der Waals surface area contributed by atoms with Gasteiger partial charge in [-0.25, -0.2) is 19.1 Å². The number of H-pyrrole nitrogens is 1. The summed E-state index contributed by atoms with van der Waals surface area (Å²) in [6.07, 6.45) is 0. The first-order valence-electron chi connectivity index (χ1n) is 7.82. The number of aromatic amines is 1. The molecule has 7 heteroatoms. The molecule has 3 aromatic rings. The standard InChI is InChI=1S/C18H15N3O4/c1-9-5-4-6-10(7-9)12-13-11(8-25-17(13)23)19-15-14(12)16(22)21(3)18(24)20(15)2/h4-7H,8H2,1-3H3/p+1. The van der Waals surface area contributed by atoms with Crippen LogP contribution in [0.25, 0.3) is 22.2 Å². The second-order valence-electron chi connectivity index (χ2n) is 6.23. The number of rotatable bonds is 1. The summed E-state index contributed by atoms with van der Waals surface area (Å²) < 4.78 is 7.58. The molecular formula is C18H16N3O4+. The summed E-state index contributed by atoms with van der Waals surface area (Å²) in [6.45, 7) is 2.03. The van der Waals surface area contributed by atoms with E-state index in [4.69, 9.17) is 4.74 Å². The molecule has 0 unspecified atom stereocenters. The average Bonchev–Trinajstić information content (AvgIpc) is 2.97. The Bertz CT molecular complexity index is 1190. The van der Waals surface area contributed by atoms with Crippen LogP contribution in [0.2, 0.25) is 0 Å². The maximum atomic E-state index is 12.9. The van der Waals surface area contributed by atoms with Gasteiger partial charge < -0.3 is 4.74 Å². The Morgan fingerprint density at radius 3 is 2.56 bits per heavy atom. The van der Waals surface area contributed by atoms with E-state index in [1.165, 1.54) is 11.6 Å². The lowest BCUT2D eigenvalue weighted by atomic mass is 9.95. The topological polar surface area (TPSA) is 84.4 Å². The first-order valence-corrected chi connectivity index (χ1v) is 7.82. The lowest BCUT2D eigenvalue weighted by Gasteiger charge is -2.10. The van der Waals surface area contributed by atoms with Crippen LogP contribution >= 0.6 is 0 Å². The molecule has 1 aromatic carbocycles. The summed E-state index contributed by atoms with van der Waals surface area (Å²) >= 11 is 0. The van der Waals surface area contributed by atoms with E-state index in [9.17, 15) is 14.4 Å². The summed E-state index contributed by atoms with van der Waals surface area (Å²) in [5.41, 5.74) is 2.66. The van der Waals surface area contributed by atoms with Gasteiger partial charge in [-0.2, -0.15) is 4.57 Å². The Morgan fingerprint density at radius 2 is 1.84 bits per heavy atom. The quantitative estimate of drug-likeness (QED) is 0.611. The summed E-state index contributed by atoms with van der Waals surface area (Å²) in [6, 6.07) is 7.56.